The maximum atomic E-state index is 5.21. The van der Waals surface area contributed by atoms with E-state index in [2.05, 4.69) is 115 Å². The number of anilines is 2. The number of aromatic nitrogens is 2. The maximum absolute atomic E-state index is 5.21. The molecular formula is C33H34BrN5O. The van der Waals surface area contributed by atoms with Gasteiger partial charge in [0, 0.05) is 73.5 Å². The van der Waals surface area contributed by atoms with Crippen molar-refractivity contribution in [2.75, 3.05) is 58.3 Å². The lowest BCUT2D eigenvalue weighted by Gasteiger charge is -2.34. The van der Waals surface area contributed by atoms with Crippen LogP contribution >= 0.6 is 15.9 Å². The molecule has 0 atom stereocenters. The average Bonchev–Trinajstić information content (AvgIpc) is 3.00. The van der Waals surface area contributed by atoms with E-state index < -0.39 is 0 Å². The molecule has 1 N–H and O–H groups in total. The zero-order valence-electron chi connectivity index (χ0n) is 22.8. The number of nitrogens with zero attached hydrogens (tertiary/aromatic N) is 4. The summed E-state index contributed by atoms with van der Waals surface area (Å²) < 4.78 is 6.28. The molecule has 6 nitrogen and oxygen atoms in total. The van der Waals surface area contributed by atoms with Crippen LogP contribution in [0.3, 0.4) is 0 Å². The molecule has 1 aliphatic heterocycles. The van der Waals surface area contributed by atoms with Crippen LogP contribution in [0.2, 0.25) is 0 Å². The first-order chi connectivity index (χ1) is 19.7. The maximum Gasteiger partial charge on any atom is 0.227 e. The Balaban J connectivity index is 1.14. The highest BCUT2D eigenvalue weighted by Gasteiger charge is 2.16. The van der Waals surface area contributed by atoms with E-state index in [1.165, 1.54) is 22.1 Å². The topological polar surface area (TPSA) is 53.5 Å². The van der Waals surface area contributed by atoms with Gasteiger partial charge in [0.15, 0.2) is 0 Å². The zero-order valence-corrected chi connectivity index (χ0v) is 24.4. The summed E-state index contributed by atoms with van der Waals surface area (Å²) in [5.74, 6) is 0.605. The summed E-state index contributed by atoms with van der Waals surface area (Å²) >= 11 is 3.55. The second-order valence-corrected chi connectivity index (χ2v) is 11.3. The van der Waals surface area contributed by atoms with Crippen LogP contribution < -0.4 is 5.32 Å². The van der Waals surface area contributed by atoms with E-state index in [9.17, 15) is 0 Å². The number of benzene rings is 4. The number of hydrogen-bond acceptors (Lipinski definition) is 6. The Kier molecular flexibility index (Phi) is 8.35. The lowest BCUT2D eigenvalue weighted by molar-refractivity contribution is 0.0976. The molecule has 204 valence electrons. The Morgan fingerprint density at radius 3 is 2.27 bits per heavy atom. The molecule has 4 aromatic carbocycles. The van der Waals surface area contributed by atoms with Gasteiger partial charge in [-0.2, -0.15) is 0 Å². The van der Waals surface area contributed by atoms with Crippen molar-refractivity contribution in [3.63, 3.8) is 0 Å². The number of nitrogens with one attached hydrogen (secondary N) is 1. The highest BCUT2D eigenvalue weighted by atomic mass is 79.9. The summed E-state index contributed by atoms with van der Waals surface area (Å²) in [5, 5.41) is 6.75. The van der Waals surface area contributed by atoms with Crippen molar-refractivity contribution in [3.05, 3.63) is 95.1 Å². The van der Waals surface area contributed by atoms with Gasteiger partial charge in [-0.3, -0.25) is 4.90 Å². The van der Waals surface area contributed by atoms with Crippen molar-refractivity contribution in [1.29, 1.82) is 0 Å². The van der Waals surface area contributed by atoms with Gasteiger partial charge >= 0.3 is 0 Å². The van der Waals surface area contributed by atoms with E-state index in [1.807, 2.05) is 6.20 Å². The number of hydrogen-bond donors (Lipinski definition) is 1. The van der Waals surface area contributed by atoms with Crippen LogP contribution in [0.4, 0.5) is 11.6 Å². The highest BCUT2D eigenvalue weighted by molar-refractivity contribution is 9.10. The predicted octanol–water partition coefficient (Wildman–Crippen LogP) is 6.76. The molecule has 7 heteroatoms. The van der Waals surface area contributed by atoms with Gasteiger partial charge < -0.3 is 15.0 Å². The van der Waals surface area contributed by atoms with Crippen LogP contribution in [-0.4, -0.2) is 72.8 Å². The Bertz CT molecular complexity index is 1580. The first kappa shape index (κ1) is 26.8. The molecule has 5 aromatic rings. The predicted molar refractivity (Wildman–Crippen MR) is 168 cm³/mol. The Morgan fingerprint density at radius 2 is 1.55 bits per heavy atom. The van der Waals surface area contributed by atoms with Crippen molar-refractivity contribution in [2.45, 2.75) is 6.42 Å². The molecule has 0 radical (unpaired) electrons. The quantitative estimate of drug-likeness (QED) is 0.190. The summed E-state index contributed by atoms with van der Waals surface area (Å²) in [6.45, 7) is 7.44. The number of fused-ring (bicyclic) bond motifs is 3. The molecule has 0 aliphatic carbocycles. The number of piperazine rings is 1. The summed E-state index contributed by atoms with van der Waals surface area (Å²) in [7, 11) is 1.77. The third kappa shape index (κ3) is 6.18. The minimum atomic E-state index is 0.605. The fourth-order valence-electron chi connectivity index (χ4n) is 5.43. The molecule has 1 aliphatic rings. The molecule has 1 fully saturated rings. The normalized spacial score (nSPS) is 14.7. The van der Waals surface area contributed by atoms with Crippen LogP contribution in [-0.2, 0) is 11.2 Å². The molecule has 0 amide bonds. The smallest absolute Gasteiger partial charge is 0.227 e. The van der Waals surface area contributed by atoms with Gasteiger partial charge in [-0.05, 0) is 58.8 Å². The van der Waals surface area contributed by atoms with Crippen LogP contribution in [0.15, 0.2) is 89.5 Å². The zero-order chi connectivity index (χ0) is 27.3. The molecule has 40 heavy (non-hydrogen) atoms. The van der Waals surface area contributed by atoms with Crippen LogP contribution in [0.1, 0.15) is 5.56 Å². The van der Waals surface area contributed by atoms with Gasteiger partial charge in [-0.15, -0.1) is 0 Å². The average molecular weight is 597 g/mol. The molecule has 0 spiro atoms. The summed E-state index contributed by atoms with van der Waals surface area (Å²) in [4.78, 5) is 14.6. The van der Waals surface area contributed by atoms with Gasteiger partial charge in [-0.1, -0.05) is 64.5 Å². The second-order valence-electron chi connectivity index (χ2n) is 10.4. The van der Waals surface area contributed by atoms with Crippen LogP contribution in [0, 0.1) is 0 Å². The largest absolute Gasteiger partial charge is 0.383 e. The standard InChI is InChI=1S/C33H34BrN5O/c1-40-21-20-39-18-16-38(17-19-39)15-14-24-6-12-28(13-7-24)36-33-35-23-26-22-31(25-8-10-27(34)11-9-25)29-4-2-3-5-30(29)32(26)37-33/h2-13,22-23H,14-21H2,1H3,(H,35,36,37). The minimum Gasteiger partial charge on any atom is -0.383 e. The van der Waals surface area contributed by atoms with E-state index >= 15 is 0 Å². The molecule has 0 saturated carbocycles. The van der Waals surface area contributed by atoms with E-state index in [0.29, 0.717) is 5.95 Å². The van der Waals surface area contributed by atoms with Crippen LogP contribution in [0.25, 0.3) is 32.8 Å². The summed E-state index contributed by atoms with van der Waals surface area (Å²) in [6.07, 6.45) is 2.97. The molecule has 6 rings (SSSR count). The summed E-state index contributed by atoms with van der Waals surface area (Å²) in [5.41, 5.74) is 5.65. The van der Waals surface area contributed by atoms with Gasteiger partial charge in [0.2, 0.25) is 5.95 Å². The molecule has 1 saturated heterocycles. The van der Waals surface area contributed by atoms with Gasteiger partial charge in [-0.25, -0.2) is 9.97 Å². The van der Waals surface area contributed by atoms with Crippen molar-refractivity contribution < 1.29 is 4.74 Å². The molecule has 2 heterocycles. The van der Waals surface area contributed by atoms with Gasteiger partial charge in [0.05, 0.1) is 12.1 Å². The highest BCUT2D eigenvalue weighted by Crippen LogP contribution is 2.35. The number of methoxy groups -OCH3 is 1. The molecule has 0 unspecified atom stereocenters. The Hall–Kier alpha value is -3.36. The third-order valence-corrected chi connectivity index (χ3v) is 8.28. The van der Waals surface area contributed by atoms with Crippen molar-refractivity contribution in [2.24, 2.45) is 0 Å². The first-order valence-electron chi connectivity index (χ1n) is 13.9. The lowest BCUT2D eigenvalue weighted by atomic mass is 9.96. The van der Waals surface area contributed by atoms with Crippen molar-refractivity contribution in [1.82, 2.24) is 19.8 Å². The van der Waals surface area contributed by atoms with E-state index in [1.54, 1.807) is 7.11 Å². The minimum absolute atomic E-state index is 0.605. The Labute approximate surface area is 244 Å². The third-order valence-electron chi connectivity index (χ3n) is 7.75. The summed E-state index contributed by atoms with van der Waals surface area (Å²) in [6, 6.07) is 27.8. The molecule has 0 bridgehead atoms. The van der Waals surface area contributed by atoms with Crippen molar-refractivity contribution in [3.8, 4) is 11.1 Å². The first-order valence-corrected chi connectivity index (χ1v) is 14.7. The lowest BCUT2D eigenvalue weighted by Crippen LogP contribution is -2.47. The fourth-order valence-corrected chi connectivity index (χ4v) is 5.69. The van der Waals surface area contributed by atoms with E-state index in [0.717, 1.165) is 78.7 Å². The Morgan fingerprint density at radius 1 is 0.850 bits per heavy atom. The second kappa shape index (κ2) is 12.4. The van der Waals surface area contributed by atoms with Gasteiger partial charge in [0.1, 0.15) is 0 Å². The van der Waals surface area contributed by atoms with E-state index in [4.69, 9.17) is 9.72 Å². The SMILES string of the molecule is COCCN1CCN(CCc2ccc(Nc3ncc4cc(-c5ccc(Br)cc5)c5ccccc5c4n3)cc2)CC1. The van der Waals surface area contributed by atoms with E-state index in [-0.39, 0.29) is 0 Å². The number of rotatable bonds is 9. The molecular weight excluding hydrogens is 562 g/mol. The van der Waals surface area contributed by atoms with Crippen LogP contribution in [0.5, 0.6) is 0 Å². The van der Waals surface area contributed by atoms with Crippen molar-refractivity contribution >= 4 is 49.2 Å². The molecule has 1 aromatic heterocycles. The van der Waals surface area contributed by atoms with Gasteiger partial charge in [0.25, 0.3) is 0 Å². The number of ether oxygens (including phenoxy) is 1. The fraction of sp³-hybridized carbons (Fsp3) is 0.273. The monoisotopic (exact) mass is 595 g/mol. The number of halogens is 1.